The molecule has 4 heteroatoms. The quantitative estimate of drug-likeness (QED) is 0.792. The van der Waals surface area contributed by atoms with E-state index >= 15 is 0 Å². The summed E-state index contributed by atoms with van der Waals surface area (Å²) in [7, 11) is 0. The third-order valence-corrected chi connectivity index (χ3v) is 3.22. The fourth-order valence-corrected chi connectivity index (χ4v) is 2.15. The summed E-state index contributed by atoms with van der Waals surface area (Å²) in [5.41, 5.74) is 2.80. The van der Waals surface area contributed by atoms with E-state index in [-0.39, 0.29) is 5.91 Å². The van der Waals surface area contributed by atoms with E-state index in [1.165, 1.54) is 6.26 Å². The number of rotatable bonds is 3. The molecule has 2 aromatic carbocycles. The van der Waals surface area contributed by atoms with Crippen molar-refractivity contribution in [3.05, 3.63) is 65.9 Å². The lowest BCUT2D eigenvalue weighted by Gasteiger charge is -2.04. The van der Waals surface area contributed by atoms with Crippen LogP contribution in [0.3, 0.4) is 0 Å². The molecule has 1 heterocycles. The summed E-state index contributed by atoms with van der Waals surface area (Å²) in [5.74, 6) is -0.215. The molecule has 21 heavy (non-hydrogen) atoms. The number of carbonyl (C=O) groups is 1. The van der Waals surface area contributed by atoms with Gasteiger partial charge in [-0.25, -0.2) is 0 Å². The molecule has 0 unspecified atom stereocenters. The maximum absolute atomic E-state index is 12.3. The molecule has 3 rings (SSSR count). The third-order valence-electron chi connectivity index (χ3n) is 3.22. The first-order chi connectivity index (χ1) is 10.3. The standard InChI is InChI=1S/C17H12N2O2/c18-10-9-12-5-7-13(8-6-12)19-17(20)15-11-21-16-4-2-1-3-14(15)16/h1-8,11H,9H2,(H,19,20). The summed E-state index contributed by atoms with van der Waals surface area (Å²) < 4.78 is 5.36. The number of fused-ring (bicyclic) bond motifs is 1. The number of furan rings is 1. The molecule has 0 radical (unpaired) electrons. The molecule has 0 aliphatic heterocycles. The van der Waals surface area contributed by atoms with Gasteiger partial charge in [0.15, 0.2) is 0 Å². The van der Waals surface area contributed by atoms with E-state index < -0.39 is 0 Å². The molecule has 0 aliphatic carbocycles. The highest BCUT2D eigenvalue weighted by Gasteiger charge is 2.13. The number of hydrogen-bond donors (Lipinski definition) is 1. The topological polar surface area (TPSA) is 66.0 Å². The summed E-state index contributed by atoms with van der Waals surface area (Å²) in [5, 5.41) is 12.2. The van der Waals surface area contributed by atoms with Gasteiger partial charge in [-0.15, -0.1) is 0 Å². The summed E-state index contributed by atoms with van der Waals surface area (Å²) in [6, 6.07) is 16.7. The van der Waals surface area contributed by atoms with E-state index in [4.69, 9.17) is 9.68 Å². The molecule has 0 spiro atoms. The highest BCUT2D eigenvalue weighted by molar-refractivity contribution is 6.12. The molecule has 0 saturated carbocycles. The highest BCUT2D eigenvalue weighted by atomic mass is 16.3. The Morgan fingerprint density at radius 3 is 2.67 bits per heavy atom. The van der Waals surface area contributed by atoms with Gasteiger partial charge in [0.1, 0.15) is 11.8 Å². The van der Waals surface area contributed by atoms with Crippen LogP contribution < -0.4 is 5.32 Å². The van der Waals surface area contributed by atoms with E-state index in [0.717, 1.165) is 10.9 Å². The van der Waals surface area contributed by atoms with Gasteiger partial charge >= 0.3 is 0 Å². The Morgan fingerprint density at radius 2 is 1.90 bits per heavy atom. The summed E-state index contributed by atoms with van der Waals surface area (Å²) in [6.45, 7) is 0. The van der Waals surface area contributed by atoms with Gasteiger partial charge in [-0.3, -0.25) is 4.79 Å². The second-order valence-electron chi connectivity index (χ2n) is 4.63. The van der Waals surface area contributed by atoms with Gasteiger partial charge < -0.3 is 9.73 Å². The first kappa shape index (κ1) is 12.9. The number of anilines is 1. The summed E-state index contributed by atoms with van der Waals surface area (Å²) in [6.07, 6.45) is 1.82. The van der Waals surface area contributed by atoms with Crippen LogP contribution in [0.5, 0.6) is 0 Å². The molecule has 1 amide bonds. The van der Waals surface area contributed by atoms with Gasteiger partial charge in [-0.05, 0) is 23.8 Å². The lowest BCUT2D eigenvalue weighted by molar-refractivity contribution is 0.102. The van der Waals surface area contributed by atoms with Gasteiger partial charge in [0, 0.05) is 11.1 Å². The molecule has 0 bridgehead atoms. The Morgan fingerprint density at radius 1 is 1.14 bits per heavy atom. The van der Waals surface area contributed by atoms with Crippen molar-refractivity contribution < 1.29 is 9.21 Å². The molecule has 1 aromatic heterocycles. The van der Waals surface area contributed by atoms with Crippen molar-refractivity contribution >= 4 is 22.6 Å². The predicted molar refractivity (Wildman–Crippen MR) is 79.9 cm³/mol. The van der Waals surface area contributed by atoms with E-state index in [0.29, 0.717) is 23.3 Å². The molecule has 102 valence electrons. The smallest absolute Gasteiger partial charge is 0.259 e. The second-order valence-corrected chi connectivity index (χ2v) is 4.63. The van der Waals surface area contributed by atoms with Crippen molar-refractivity contribution in [2.75, 3.05) is 5.32 Å². The van der Waals surface area contributed by atoms with Crippen LogP contribution in [0.1, 0.15) is 15.9 Å². The average molecular weight is 276 g/mol. The zero-order valence-corrected chi connectivity index (χ0v) is 11.2. The van der Waals surface area contributed by atoms with Gasteiger partial charge in [0.05, 0.1) is 18.1 Å². The SMILES string of the molecule is N#CCc1ccc(NC(=O)c2coc3ccccc23)cc1. The lowest BCUT2D eigenvalue weighted by Crippen LogP contribution is -2.11. The molecular formula is C17H12N2O2. The Bertz CT molecular complexity index is 826. The zero-order valence-electron chi connectivity index (χ0n) is 11.2. The minimum Gasteiger partial charge on any atom is -0.463 e. The average Bonchev–Trinajstić information content (AvgIpc) is 2.93. The van der Waals surface area contributed by atoms with Crippen LogP contribution in [0, 0.1) is 11.3 Å². The predicted octanol–water partition coefficient (Wildman–Crippen LogP) is 3.75. The molecule has 0 aliphatic rings. The molecule has 0 atom stereocenters. The number of amides is 1. The van der Waals surface area contributed by atoms with Crippen molar-refractivity contribution in [3.8, 4) is 6.07 Å². The minimum absolute atomic E-state index is 0.215. The number of hydrogen-bond acceptors (Lipinski definition) is 3. The number of nitriles is 1. The van der Waals surface area contributed by atoms with E-state index in [1.807, 2.05) is 36.4 Å². The highest BCUT2D eigenvalue weighted by Crippen LogP contribution is 2.22. The molecule has 3 aromatic rings. The number of nitrogens with zero attached hydrogens (tertiary/aromatic N) is 1. The monoisotopic (exact) mass is 276 g/mol. The van der Waals surface area contributed by atoms with Crippen LogP contribution in [0.4, 0.5) is 5.69 Å². The molecule has 4 nitrogen and oxygen atoms in total. The van der Waals surface area contributed by atoms with E-state index in [9.17, 15) is 4.79 Å². The van der Waals surface area contributed by atoms with Crippen molar-refractivity contribution in [3.63, 3.8) is 0 Å². The van der Waals surface area contributed by atoms with E-state index in [1.54, 1.807) is 12.1 Å². The fourth-order valence-electron chi connectivity index (χ4n) is 2.15. The first-order valence-electron chi connectivity index (χ1n) is 6.51. The number of nitrogens with one attached hydrogen (secondary N) is 1. The van der Waals surface area contributed by atoms with Crippen molar-refractivity contribution in [2.45, 2.75) is 6.42 Å². The second kappa shape index (κ2) is 5.51. The third kappa shape index (κ3) is 2.63. The van der Waals surface area contributed by atoms with Crippen LogP contribution in [0.25, 0.3) is 11.0 Å². The Balaban J connectivity index is 1.81. The van der Waals surface area contributed by atoms with Crippen LogP contribution >= 0.6 is 0 Å². The largest absolute Gasteiger partial charge is 0.463 e. The lowest BCUT2D eigenvalue weighted by atomic mass is 10.1. The Labute approximate surface area is 121 Å². The normalized spacial score (nSPS) is 10.2. The molecule has 0 saturated heterocycles. The van der Waals surface area contributed by atoms with Crippen LogP contribution in [-0.2, 0) is 6.42 Å². The van der Waals surface area contributed by atoms with Gasteiger partial charge in [0.2, 0.25) is 0 Å². The molecule has 1 N–H and O–H groups in total. The summed E-state index contributed by atoms with van der Waals surface area (Å²) in [4.78, 5) is 12.3. The number of para-hydroxylation sites is 1. The molecule has 0 fully saturated rings. The van der Waals surface area contributed by atoms with Crippen LogP contribution in [-0.4, -0.2) is 5.91 Å². The first-order valence-corrected chi connectivity index (χ1v) is 6.51. The maximum atomic E-state index is 12.3. The summed E-state index contributed by atoms with van der Waals surface area (Å²) >= 11 is 0. The fraction of sp³-hybridized carbons (Fsp3) is 0.0588. The minimum atomic E-state index is -0.215. The maximum Gasteiger partial charge on any atom is 0.259 e. The van der Waals surface area contributed by atoms with Crippen molar-refractivity contribution in [1.82, 2.24) is 0 Å². The number of carbonyl (C=O) groups excluding carboxylic acids is 1. The van der Waals surface area contributed by atoms with Gasteiger partial charge in [-0.1, -0.05) is 30.3 Å². The Hall–Kier alpha value is -3.06. The molecular weight excluding hydrogens is 264 g/mol. The van der Waals surface area contributed by atoms with Crippen LogP contribution in [0.2, 0.25) is 0 Å². The zero-order chi connectivity index (χ0) is 14.7. The van der Waals surface area contributed by atoms with Gasteiger partial charge in [-0.2, -0.15) is 5.26 Å². The number of benzene rings is 2. The van der Waals surface area contributed by atoms with Crippen molar-refractivity contribution in [2.24, 2.45) is 0 Å². The van der Waals surface area contributed by atoms with Gasteiger partial charge in [0.25, 0.3) is 5.91 Å². The van der Waals surface area contributed by atoms with Crippen LogP contribution in [0.15, 0.2) is 59.2 Å². The van der Waals surface area contributed by atoms with Crippen molar-refractivity contribution in [1.29, 1.82) is 5.26 Å². The van der Waals surface area contributed by atoms with E-state index in [2.05, 4.69) is 11.4 Å². The Kier molecular flexibility index (Phi) is 3.40.